The molecule has 2 aliphatic rings. The second-order valence-corrected chi connectivity index (χ2v) is 6.79. The first-order chi connectivity index (χ1) is 8.57. The Hall–Kier alpha value is -0.340. The maximum absolute atomic E-state index is 3.85. The van der Waals surface area contributed by atoms with Crippen LogP contribution in [-0.4, -0.2) is 36.1 Å². The van der Waals surface area contributed by atoms with Crippen LogP contribution >= 0.6 is 0 Å². The molecule has 1 aliphatic heterocycles. The summed E-state index contributed by atoms with van der Waals surface area (Å²) in [6.45, 7) is 14.6. The summed E-state index contributed by atoms with van der Waals surface area (Å²) in [5, 5.41) is 3.85. The van der Waals surface area contributed by atoms with Crippen LogP contribution in [0.4, 0.5) is 0 Å². The molecule has 1 aliphatic carbocycles. The summed E-state index contributed by atoms with van der Waals surface area (Å²) in [7, 11) is 0. The summed E-state index contributed by atoms with van der Waals surface area (Å²) in [5.74, 6) is 1.66. The van der Waals surface area contributed by atoms with E-state index in [2.05, 4.69) is 37.6 Å². The summed E-state index contributed by atoms with van der Waals surface area (Å²) in [6.07, 6.45) is 7.31. The van der Waals surface area contributed by atoms with Crippen molar-refractivity contribution in [2.45, 2.75) is 58.0 Å². The molecular formula is C16H30N2. The molecule has 0 spiro atoms. The second kappa shape index (κ2) is 5.75. The molecule has 0 aromatic rings. The van der Waals surface area contributed by atoms with Crippen LogP contribution in [0.5, 0.6) is 0 Å². The maximum atomic E-state index is 3.85. The molecular weight excluding hydrogens is 220 g/mol. The van der Waals surface area contributed by atoms with Crippen molar-refractivity contribution in [3.05, 3.63) is 12.7 Å². The predicted molar refractivity (Wildman–Crippen MR) is 78.8 cm³/mol. The maximum Gasteiger partial charge on any atom is 0.0309 e. The van der Waals surface area contributed by atoms with Crippen molar-refractivity contribution in [3.63, 3.8) is 0 Å². The van der Waals surface area contributed by atoms with Gasteiger partial charge in [-0.15, -0.1) is 6.58 Å². The number of nitrogens with one attached hydrogen (secondary N) is 1. The van der Waals surface area contributed by atoms with Crippen LogP contribution in [0.2, 0.25) is 0 Å². The lowest BCUT2D eigenvalue weighted by Crippen LogP contribution is -2.65. The lowest BCUT2D eigenvalue weighted by Gasteiger charge is -2.48. The number of unbranched alkanes of at least 4 members (excludes halogenated alkanes) is 1. The summed E-state index contributed by atoms with van der Waals surface area (Å²) in [5.41, 5.74) is 0.375. The number of allylic oxidation sites excluding steroid dienone is 1. The summed E-state index contributed by atoms with van der Waals surface area (Å²) in [6, 6.07) is 0.710. The molecule has 2 unspecified atom stereocenters. The molecule has 2 heteroatoms. The molecule has 2 atom stereocenters. The van der Waals surface area contributed by atoms with Gasteiger partial charge >= 0.3 is 0 Å². The van der Waals surface area contributed by atoms with E-state index in [4.69, 9.17) is 0 Å². The second-order valence-electron chi connectivity index (χ2n) is 6.79. The van der Waals surface area contributed by atoms with Crippen molar-refractivity contribution >= 4 is 0 Å². The summed E-state index contributed by atoms with van der Waals surface area (Å²) in [4.78, 5) is 2.74. The molecule has 1 N–H and O–H groups in total. The van der Waals surface area contributed by atoms with Gasteiger partial charge in [-0.3, -0.25) is 4.90 Å². The molecule has 0 aromatic carbocycles. The molecule has 104 valence electrons. The number of hydrogen-bond donors (Lipinski definition) is 1. The van der Waals surface area contributed by atoms with Crippen LogP contribution in [0.25, 0.3) is 0 Å². The Bertz CT molecular complexity index is 283. The van der Waals surface area contributed by atoms with E-state index in [1.165, 1.54) is 38.9 Å². The molecule has 0 radical (unpaired) electrons. The highest BCUT2D eigenvalue weighted by molar-refractivity contribution is 5.04. The third-order valence-electron chi connectivity index (χ3n) is 4.82. The SMILES string of the molecule is C=CCCCN1CC(C)(C2CC2)NCC1C(C)C. The zero-order valence-corrected chi connectivity index (χ0v) is 12.4. The van der Waals surface area contributed by atoms with Crippen LogP contribution in [0, 0.1) is 11.8 Å². The van der Waals surface area contributed by atoms with Gasteiger partial charge in [0.05, 0.1) is 0 Å². The van der Waals surface area contributed by atoms with Crippen molar-refractivity contribution < 1.29 is 0 Å². The Morgan fingerprint density at radius 1 is 1.44 bits per heavy atom. The zero-order valence-electron chi connectivity index (χ0n) is 12.4. The normalized spacial score (nSPS) is 33.9. The van der Waals surface area contributed by atoms with Crippen molar-refractivity contribution in [2.24, 2.45) is 11.8 Å². The lowest BCUT2D eigenvalue weighted by atomic mass is 9.88. The first-order valence-corrected chi connectivity index (χ1v) is 7.67. The van der Waals surface area contributed by atoms with E-state index in [0.717, 1.165) is 18.3 Å². The van der Waals surface area contributed by atoms with E-state index >= 15 is 0 Å². The quantitative estimate of drug-likeness (QED) is 0.576. The van der Waals surface area contributed by atoms with Crippen LogP contribution < -0.4 is 5.32 Å². The van der Waals surface area contributed by atoms with E-state index in [1.807, 2.05) is 6.08 Å². The van der Waals surface area contributed by atoms with Crippen molar-refractivity contribution in [1.29, 1.82) is 0 Å². The Labute approximate surface area is 113 Å². The first kappa shape index (κ1) is 14.1. The number of nitrogens with zero attached hydrogens (tertiary/aromatic N) is 1. The van der Waals surface area contributed by atoms with Gasteiger partial charge in [0.25, 0.3) is 0 Å². The van der Waals surface area contributed by atoms with Crippen LogP contribution in [0.15, 0.2) is 12.7 Å². The Kier molecular flexibility index (Phi) is 4.50. The zero-order chi connectivity index (χ0) is 13.2. The summed E-state index contributed by atoms with van der Waals surface area (Å²) >= 11 is 0. The smallest absolute Gasteiger partial charge is 0.0309 e. The van der Waals surface area contributed by atoms with Crippen molar-refractivity contribution in [3.8, 4) is 0 Å². The average Bonchev–Trinajstić information content (AvgIpc) is 3.13. The molecule has 1 saturated heterocycles. The van der Waals surface area contributed by atoms with Gasteiger partial charge in [0.1, 0.15) is 0 Å². The van der Waals surface area contributed by atoms with Gasteiger partial charge in [-0.2, -0.15) is 0 Å². The van der Waals surface area contributed by atoms with Gasteiger partial charge in [-0.1, -0.05) is 19.9 Å². The van der Waals surface area contributed by atoms with Crippen LogP contribution in [0.1, 0.15) is 46.5 Å². The number of rotatable bonds is 6. The fraction of sp³-hybridized carbons (Fsp3) is 0.875. The highest BCUT2D eigenvalue weighted by Gasteiger charge is 2.46. The number of hydrogen-bond acceptors (Lipinski definition) is 2. The molecule has 2 fully saturated rings. The van der Waals surface area contributed by atoms with Gasteiger partial charge in [-0.25, -0.2) is 0 Å². The van der Waals surface area contributed by atoms with E-state index in [1.54, 1.807) is 0 Å². The van der Waals surface area contributed by atoms with E-state index < -0.39 is 0 Å². The van der Waals surface area contributed by atoms with Gasteiger partial charge in [-0.05, 0) is 51.0 Å². The third-order valence-corrected chi connectivity index (χ3v) is 4.82. The third kappa shape index (κ3) is 3.16. The minimum Gasteiger partial charge on any atom is -0.308 e. The highest BCUT2D eigenvalue weighted by atomic mass is 15.3. The molecule has 0 aromatic heterocycles. The molecule has 1 saturated carbocycles. The van der Waals surface area contributed by atoms with Crippen LogP contribution in [0.3, 0.4) is 0 Å². The van der Waals surface area contributed by atoms with E-state index in [0.29, 0.717) is 11.6 Å². The Morgan fingerprint density at radius 3 is 2.72 bits per heavy atom. The van der Waals surface area contributed by atoms with E-state index in [-0.39, 0.29) is 0 Å². The van der Waals surface area contributed by atoms with Crippen molar-refractivity contribution in [2.75, 3.05) is 19.6 Å². The van der Waals surface area contributed by atoms with E-state index in [9.17, 15) is 0 Å². The van der Waals surface area contributed by atoms with Gasteiger partial charge in [0, 0.05) is 24.7 Å². The predicted octanol–water partition coefficient (Wildman–Crippen LogP) is 3.05. The minimum atomic E-state index is 0.375. The largest absolute Gasteiger partial charge is 0.308 e. The fourth-order valence-corrected chi connectivity index (χ4v) is 3.40. The highest BCUT2D eigenvalue weighted by Crippen LogP contribution is 2.41. The summed E-state index contributed by atoms with van der Waals surface area (Å²) < 4.78 is 0. The van der Waals surface area contributed by atoms with Gasteiger partial charge < -0.3 is 5.32 Å². The topological polar surface area (TPSA) is 15.3 Å². The van der Waals surface area contributed by atoms with Gasteiger partial charge in [0.2, 0.25) is 0 Å². The van der Waals surface area contributed by atoms with Gasteiger partial charge in [0.15, 0.2) is 0 Å². The monoisotopic (exact) mass is 250 g/mol. The Balaban J connectivity index is 1.95. The first-order valence-electron chi connectivity index (χ1n) is 7.67. The molecule has 0 amide bonds. The molecule has 2 rings (SSSR count). The molecule has 1 heterocycles. The minimum absolute atomic E-state index is 0.375. The van der Waals surface area contributed by atoms with Crippen LogP contribution in [-0.2, 0) is 0 Å². The lowest BCUT2D eigenvalue weighted by molar-refractivity contribution is 0.0518. The average molecular weight is 250 g/mol. The molecule has 0 bridgehead atoms. The molecule has 2 nitrogen and oxygen atoms in total. The standard InChI is InChI=1S/C16H30N2/c1-5-6-7-10-18-12-16(4,14-8-9-14)17-11-15(18)13(2)3/h5,13-15,17H,1,6-12H2,2-4H3. The number of piperazine rings is 1. The Morgan fingerprint density at radius 2 is 2.17 bits per heavy atom. The fourth-order valence-electron chi connectivity index (χ4n) is 3.40. The van der Waals surface area contributed by atoms with Crippen molar-refractivity contribution in [1.82, 2.24) is 10.2 Å². The molecule has 18 heavy (non-hydrogen) atoms.